The second-order valence-electron chi connectivity index (χ2n) is 11.8. The van der Waals surface area contributed by atoms with Gasteiger partial charge >= 0.3 is 0 Å². The van der Waals surface area contributed by atoms with Gasteiger partial charge in [-0.05, 0) is 36.4 Å². The quantitative estimate of drug-likeness (QED) is 0.193. The molecule has 0 saturated heterocycles. The van der Waals surface area contributed by atoms with E-state index < -0.39 is 0 Å². The van der Waals surface area contributed by atoms with E-state index in [-0.39, 0.29) is 0 Å². The summed E-state index contributed by atoms with van der Waals surface area (Å²) in [6.07, 6.45) is 0. The molecule has 4 heterocycles. The highest BCUT2D eigenvalue weighted by Gasteiger charge is 2.20. The summed E-state index contributed by atoms with van der Waals surface area (Å²) >= 11 is 1.78. The molecule has 0 amide bonds. The van der Waals surface area contributed by atoms with Crippen LogP contribution in [0.3, 0.4) is 0 Å². The minimum atomic E-state index is 0.569. The number of rotatable bonds is 4. The molecule has 0 bridgehead atoms. The van der Waals surface area contributed by atoms with Crippen LogP contribution >= 0.6 is 11.3 Å². The number of nitrogens with zero attached hydrogens (tertiary/aromatic N) is 4. The lowest BCUT2D eigenvalue weighted by Crippen LogP contribution is -2.00. The molecule has 0 spiro atoms. The van der Waals surface area contributed by atoms with E-state index in [0.717, 1.165) is 66.2 Å². The summed E-state index contributed by atoms with van der Waals surface area (Å²) in [4.78, 5) is 20.4. The van der Waals surface area contributed by atoms with Gasteiger partial charge in [0.2, 0.25) is 0 Å². The van der Waals surface area contributed by atoms with Gasteiger partial charge in [-0.25, -0.2) is 19.9 Å². The molecule has 48 heavy (non-hydrogen) atoms. The Morgan fingerprint density at radius 3 is 1.96 bits per heavy atom. The third-order valence-electron chi connectivity index (χ3n) is 8.93. The van der Waals surface area contributed by atoms with E-state index >= 15 is 0 Å². The monoisotopic (exact) mass is 632 g/mol. The summed E-state index contributed by atoms with van der Waals surface area (Å²) in [5.41, 5.74) is 7.35. The molecule has 0 atom stereocenters. The van der Waals surface area contributed by atoms with Crippen LogP contribution in [0, 0.1) is 0 Å². The summed E-state index contributed by atoms with van der Waals surface area (Å²) in [7, 11) is 0. The van der Waals surface area contributed by atoms with Crippen molar-refractivity contribution in [2.24, 2.45) is 0 Å². The van der Waals surface area contributed by atoms with Gasteiger partial charge in [0.25, 0.3) is 0 Å². The van der Waals surface area contributed by atoms with E-state index in [1.165, 1.54) is 14.8 Å². The van der Waals surface area contributed by atoms with Crippen LogP contribution in [0.25, 0.3) is 98.4 Å². The van der Waals surface area contributed by atoms with Gasteiger partial charge in [0.05, 0.1) is 21.5 Å². The molecule has 5 nitrogen and oxygen atoms in total. The second kappa shape index (κ2) is 10.7. The maximum atomic E-state index is 6.41. The topological polar surface area (TPSA) is 64.7 Å². The predicted octanol–water partition coefficient (Wildman–Crippen LogP) is 11.4. The first-order valence-corrected chi connectivity index (χ1v) is 16.6. The average molecular weight is 633 g/mol. The maximum Gasteiger partial charge on any atom is 0.167 e. The largest absolute Gasteiger partial charge is 0.455 e. The summed E-state index contributed by atoms with van der Waals surface area (Å²) in [5, 5.41) is 5.59. The Kier molecular flexibility index (Phi) is 5.98. The van der Waals surface area contributed by atoms with Crippen molar-refractivity contribution in [3.63, 3.8) is 0 Å². The van der Waals surface area contributed by atoms with Crippen molar-refractivity contribution in [1.82, 2.24) is 19.9 Å². The van der Waals surface area contributed by atoms with Crippen LogP contribution in [-0.4, -0.2) is 19.9 Å². The second-order valence-corrected chi connectivity index (χ2v) is 12.9. The van der Waals surface area contributed by atoms with Gasteiger partial charge in [0.1, 0.15) is 11.2 Å². The Bertz CT molecular complexity index is 2840. The first kappa shape index (κ1) is 26.9. The van der Waals surface area contributed by atoms with E-state index in [1.807, 2.05) is 66.7 Å². The van der Waals surface area contributed by atoms with Gasteiger partial charge in [-0.3, -0.25) is 0 Å². The van der Waals surface area contributed by atoms with Crippen LogP contribution in [0.5, 0.6) is 0 Å². The van der Waals surface area contributed by atoms with Crippen molar-refractivity contribution < 1.29 is 4.42 Å². The minimum absolute atomic E-state index is 0.569. The van der Waals surface area contributed by atoms with Crippen molar-refractivity contribution >= 4 is 64.4 Å². The standard InChI is InChI=1S/C42H24N4OS/c1-3-12-25(13-4-1)37-39-36(30-17-7-9-20-33(30)43-37)32-24-27(22-23-35(32)48-39)41-44-40(26-14-5-2-6-15-26)45-42(46-41)31-19-11-18-29-28-16-8-10-21-34(28)47-38(29)31/h1-24H. The number of fused-ring (bicyclic) bond motifs is 8. The van der Waals surface area contributed by atoms with Gasteiger partial charge in [-0.15, -0.1) is 11.3 Å². The number of aromatic nitrogens is 4. The molecule has 10 aromatic rings. The fourth-order valence-electron chi connectivity index (χ4n) is 6.68. The number of pyridine rings is 1. The van der Waals surface area contributed by atoms with Crippen LogP contribution in [0.1, 0.15) is 0 Å². The molecule has 0 aliphatic heterocycles. The van der Waals surface area contributed by atoms with E-state index in [1.54, 1.807) is 11.3 Å². The number of furan rings is 1. The number of benzene rings is 6. The summed E-state index contributed by atoms with van der Waals surface area (Å²) in [6, 6.07) is 49.7. The maximum absolute atomic E-state index is 6.41. The fraction of sp³-hybridized carbons (Fsp3) is 0. The molecule has 0 N–H and O–H groups in total. The van der Waals surface area contributed by atoms with Crippen LogP contribution in [0.15, 0.2) is 150 Å². The highest BCUT2D eigenvalue weighted by molar-refractivity contribution is 7.26. The molecular weight excluding hydrogens is 609 g/mol. The van der Waals surface area contributed by atoms with Crippen molar-refractivity contribution in [2.75, 3.05) is 0 Å². The van der Waals surface area contributed by atoms with Crippen molar-refractivity contribution in [1.29, 1.82) is 0 Å². The van der Waals surface area contributed by atoms with Gasteiger partial charge in [0.15, 0.2) is 17.5 Å². The van der Waals surface area contributed by atoms with Gasteiger partial charge in [-0.1, -0.05) is 109 Å². The highest BCUT2D eigenvalue weighted by atomic mass is 32.1. The van der Waals surface area contributed by atoms with Crippen molar-refractivity contribution in [2.45, 2.75) is 0 Å². The Hall–Kier alpha value is -6.24. The molecule has 4 aromatic heterocycles. The first-order chi connectivity index (χ1) is 23.8. The molecule has 0 fully saturated rings. The molecular formula is C42H24N4OS. The van der Waals surface area contributed by atoms with Crippen LogP contribution in [0.2, 0.25) is 0 Å². The van der Waals surface area contributed by atoms with E-state index in [4.69, 9.17) is 24.4 Å². The molecule has 0 saturated carbocycles. The Morgan fingerprint density at radius 2 is 1.12 bits per heavy atom. The molecule has 6 heteroatoms. The zero-order valence-corrected chi connectivity index (χ0v) is 26.3. The molecule has 0 radical (unpaired) electrons. The summed E-state index contributed by atoms with van der Waals surface area (Å²) in [6.45, 7) is 0. The molecule has 0 aliphatic carbocycles. The average Bonchev–Trinajstić information content (AvgIpc) is 3.74. The Balaban J connectivity index is 1.23. The SMILES string of the molecule is c1ccc(-c2nc(-c3ccc4sc5c(-c6ccccc6)nc6ccccc6c5c4c3)nc(-c3cccc4c3oc3ccccc34)n2)cc1. The minimum Gasteiger partial charge on any atom is -0.455 e. The lowest BCUT2D eigenvalue weighted by atomic mass is 10.0. The fourth-order valence-corrected chi connectivity index (χ4v) is 7.89. The molecule has 0 aliphatic rings. The van der Waals surface area contributed by atoms with Gasteiger partial charge < -0.3 is 4.42 Å². The van der Waals surface area contributed by atoms with Crippen LogP contribution in [0.4, 0.5) is 0 Å². The zero-order chi connectivity index (χ0) is 31.6. The first-order valence-electron chi connectivity index (χ1n) is 15.8. The molecule has 10 rings (SSSR count). The Labute approximate surface area is 278 Å². The smallest absolute Gasteiger partial charge is 0.167 e. The summed E-state index contributed by atoms with van der Waals surface area (Å²) in [5.74, 6) is 1.79. The van der Waals surface area contributed by atoms with E-state index in [0.29, 0.717) is 17.5 Å². The van der Waals surface area contributed by atoms with Crippen LogP contribution in [-0.2, 0) is 0 Å². The molecule has 6 aromatic carbocycles. The van der Waals surface area contributed by atoms with Gasteiger partial charge in [0, 0.05) is 48.3 Å². The predicted molar refractivity (Wildman–Crippen MR) is 197 cm³/mol. The third kappa shape index (κ3) is 4.24. The van der Waals surface area contributed by atoms with Gasteiger partial charge in [-0.2, -0.15) is 0 Å². The zero-order valence-electron chi connectivity index (χ0n) is 25.5. The van der Waals surface area contributed by atoms with E-state index in [2.05, 4.69) is 78.9 Å². The van der Waals surface area contributed by atoms with Crippen molar-refractivity contribution in [3.05, 3.63) is 146 Å². The highest BCUT2D eigenvalue weighted by Crippen LogP contribution is 2.44. The van der Waals surface area contributed by atoms with E-state index in [9.17, 15) is 0 Å². The van der Waals surface area contributed by atoms with Crippen molar-refractivity contribution in [3.8, 4) is 45.4 Å². The lowest BCUT2D eigenvalue weighted by Gasteiger charge is -2.09. The summed E-state index contributed by atoms with van der Waals surface area (Å²) < 4.78 is 8.77. The number of hydrogen-bond donors (Lipinski definition) is 0. The number of thiophene rings is 1. The lowest BCUT2D eigenvalue weighted by molar-refractivity contribution is 0.669. The Morgan fingerprint density at radius 1 is 0.458 bits per heavy atom. The third-order valence-corrected chi connectivity index (χ3v) is 10.1. The number of hydrogen-bond acceptors (Lipinski definition) is 6. The number of para-hydroxylation sites is 3. The molecule has 224 valence electrons. The molecule has 0 unspecified atom stereocenters. The normalized spacial score (nSPS) is 11.8. The van der Waals surface area contributed by atoms with Crippen LogP contribution < -0.4 is 0 Å².